The lowest BCUT2D eigenvalue weighted by Gasteiger charge is -2.04. The fraction of sp³-hybridized carbons (Fsp3) is 0.0833. The SMILES string of the molecule is O=C(O)Cc1csc(NC(=O)c2cc(I)ccc2O)n1. The van der Waals surface area contributed by atoms with Gasteiger partial charge in [0.05, 0.1) is 17.7 Å². The second-order valence-electron chi connectivity index (χ2n) is 3.83. The molecule has 1 amide bonds. The van der Waals surface area contributed by atoms with Gasteiger partial charge in [-0.15, -0.1) is 11.3 Å². The first-order valence-corrected chi connectivity index (χ1v) is 7.37. The quantitative estimate of drug-likeness (QED) is 0.680. The van der Waals surface area contributed by atoms with E-state index in [1.807, 2.05) is 22.6 Å². The Morgan fingerprint density at radius 1 is 1.40 bits per heavy atom. The van der Waals surface area contributed by atoms with E-state index in [-0.39, 0.29) is 17.7 Å². The molecule has 1 aromatic carbocycles. The van der Waals surface area contributed by atoms with Crippen molar-refractivity contribution >= 4 is 50.9 Å². The van der Waals surface area contributed by atoms with Gasteiger partial charge in [-0.3, -0.25) is 14.9 Å². The number of nitrogens with one attached hydrogen (secondary N) is 1. The molecule has 6 nitrogen and oxygen atoms in total. The van der Waals surface area contributed by atoms with Crippen molar-refractivity contribution in [3.05, 3.63) is 38.4 Å². The van der Waals surface area contributed by atoms with Gasteiger partial charge in [-0.05, 0) is 40.8 Å². The van der Waals surface area contributed by atoms with E-state index in [9.17, 15) is 14.7 Å². The standard InChI is InChI=1S/C12H9IN2O4S/c13-6-1-2-9(16)8(3-6)11(19)15-12-14-7(5-20-12)4-10(17)18/h1-3,5,16H,4H2,(H,17,18)(H,14,15,19). The highest BCUT2D eigenvalue weighted by Gasteiger charge is 2.14. The van der Waals surface area contributed by atoms with Crippen LogP contribution in [0.15, 0.2) is 23.6 Å². The van der Waals surface area contributed by atoms with Gasteiger partial charge in [0.15, 0.2) is 5.13 Å². The summed E-state index contributed by atoms with van der Waals surface area (Å²) in [5.41, 5.74) is 0.525. The predicted molar refractivity (Wildman–Crippen MR) is 82.2 cm³/mol. The first-order valence-electron chi connectivity index (χ1n) is 5.42. The van der Waals surface area contributed by atoms with Crippen molar-refractivity contribution in [2.75, 3.05) is 5.32 Å². The number of carbonyl (C=O) groups is 2. The molecule has 2 rings (SSSR count). The summed E-state index contributed by atoms with van der Waals surface area (Å²) in [4.78, 5) is 26.5. The zero-order chi connectivity index (χ0) is 14.7. The Morgan fingerprint density at radius 2 is 2.15 bits per heavy atom. The lowest BCUT2D eigenvalue weighted by molar-refractivity contribution is -0.136. The van der Waals surface area contributed by atoms with Gasteiger partial charge in [-0.2, -0.15) is 0 Å². The Bertz CT molecular complexity index is 671. The van der Waals surface area contributed by atoms with E-state index < -0.39 is 11.9 Å². The summed E-state index contributed by atoms with van der Waals surface area (Å²) in [5.74, 6) is -1.59. The average Bonchev–Trinajstić information content (AvgIpc) is 2.78. The number of aliphatic carboxylic acids is 1. The number of carboxylic acid groups (broad SMARTS) is 1. The molecule has 0 fully saturated rings. The fourth-order valence-electron chi connectivity index (χ4n) is 1.46. The number of carboxylic acids is 1. The molecule has 0 bridgehead atoms. The summed E-state index contributed by atoms with van der Waals surface area (Å²) < 4.78 is 0.816. The first-order chi connectivity index (χ1) is 9.45. The first kappa shape index (κ1) is 14.7. The second kappa shape index (κ2) is 6.18. The smallest absolute Gasteiger partial charge is 0.309 e. The minimum absolute atomic E-state index is 0.120. The normalized spacial score (nSPS) is 10.2. The average molecular weight is 404 g/mol. The minimum Gasteiger partial charge on any atom is -0.507 e. The monoisotopic (exact) mass is 404 g/mol. The van der Waals surface area contributed by atoms with Crippen LogP contribution in [-0.2, 0) is 11.2 Å². The van der Waals surface area contributed by atoms with Crippen molar-refractivity contribution in [1.29, 1.82) is 0 Å². The second-order valence-corrected chi connectivity index (χ2v) is 5.93. The molecule has 0 aliphatic rings. The van der Waals surface area contributed by atoms with Crippen molar-refractivity contribution in [3.63, 3.8) is 0 Å². The molecule has 0 saturated carbocycles. The molecule has 0 aliphatic carbocycles. The predicted octanol–water partition coefficient (Wildman–Crippen LogP) is 2.33. The number of thiazole rings is 1. The Hall–Kier alpha value is -1.68. The summed E-state index contributed by atoms with van der Waals surface area (Å²) >= 11 is 3.17. The van der Waals surface area contributed by atoms with Crippen LogP contribution >= 0.6 is 33.9 Å². The van der Waals surface area contributed by atoms with E-state index in [4.69, 9.17) is 5.11 Å². The molecule has 0 saturated heterocycles. The maximum atomic E-state index is 12.0. The molecular formula is C12H9IN2O4S. The molecule has 0 atom stereocenters. The molecule has 0 radical (unpaired) electrons. The van der Waals surface area contributed by atoms with Crippen molar-refractivity contribution < 1.29 is 19.8 Å². The van der Waals surface area contributed by atoms with Crippen LogP contribution in [0, 0.1) is 3.57 Å². The maximum absolute atomic E-state index is 12.0. The summed E-state index contributed by atoms with van der Waals surface area (Å²) in [6, 6.07) is 4.67. The molecular weight excluding hydrogens is 395 g/mol. The van der Waals surface area contributed by atoms with Gasteiger partial charge >= 0.3 is 5.97 Å². The Kier molecular flexibility index (Phi) is 4.55. The van der Waals surface area contributed by atoms with Crippen molar-refractivity contribution in [2.24, 2.45) is 0 Å². The summed E-state index contributed by atoms with van der Waals surface area (Å²) in [6.45, 7) is 0. The molecule has 0 aliphatic heterocycles. The molecule has 8 heteroatoms. The van der Waals surface area contributed by atoms with Gasteiger partial charge in [-0.1, -0.05) is 0 Å². The number of amides is 1. The van der Waals surface area contributed by atoms with E-state index >= 15 is 0 Å². The van der Waals surface area contributed by atoms with Crippen LogP contribution < -0.4 is 5.32 Å². The number of hydrogen-bond donors (Lipinski definition) is 3. The molecule has 2 aromatic rings. The Balaban J connectivity index is 2.13. The molecule has 0 spiro atoms. The minimum atomic E-state index is -0.983. The third-order valence-electron chi connectivity index (χ3n) is 2.31. The Morgan fingerprint density at radius 3 is 2.85 bits per heavy atom. The number of phenols is 1. The highest BCUT2D eigenvalue weighted by molar-refractivity contribution is 14.1. The van der Waals surface area contributed by atoms with Gasteiger partial charge in [0.2, 0.25) is 0 Å². The van der Waals surface area contributed by atoms with Crippen LogP contribution in [0.25, 0.3) is 0 Å². The van der Waals surface area contributed by atoms with Crippen molar-refractivity contribution in [2.45, 2.75) is 6.42 Å². The number of carbonyl (C=O) groups excluding carboxylic acids is 1. The molecule has 20 heavy (non-hydrogen) atoms. The van der Waals surface area contributed by atoms with Crippen molar-refractivity contribution in [3.8, 4) is 5.75 Å². The summed E-state index contributed by atoms with van der Waals surface area (Å²) in [6.07, 6.45) is -0.194. The van der Waals surface area contributed by atoms with E-state index in [0.717, 1.165) is 14.9 Å². The number of hydrogen-bond acceptors (Lipinski definition) is 5. The molecule has 1 heterocycles. The van der Waals surface area contributed by atoms with Crippen LogP contribution in [0.3, 0.4) is 0 Å². The van der Waals surface area contributed by atoms with Gasteiger partial charge < -0.3 is 10.2 Å². The lowest BCUT2D eigenvalue weighted by Crippen LogP contribution is -2.12. The highest BCUT2D eigenvalue weighted by atomic mass is 127. The maximum Gasteiger partial charge on any atom is 0.309 e. The largest absolute Gasteiger partial charge is 0.507 e. The van der Waals surface area contributed by atoms with Gasteiger partial charge in [0, 0.05) is 8.95 Å². The number of phenolic OH excluding ortho intramolecular Hbond substituents is 1. The van der Waals surface area contributed by atoms with E-state index in [0.29, 0.717) is 10.8 Å². The summed E-state index contributed by atoms with van der Waals surface area (Å²) in [5, 5.41) is 22.7. The molecule has 104 valence electrons. The highest BCUT2D eigenvalue weighted by Crippen LogP contribution is 2.22. The van der Waals surface area contributed by atoms with Crippen LogP contribution in [0.2, 0.25) is 0 Å². The topological polar surface area (TPSA) is 99.5 Å². The van der Waals surface area contributed by atoms with Gasteiger partial charge in [0.25, 0.3) is 5.91 Å². The van der Waals surface area contributed by atoms with Crippen LogP contribution in [0.1, 0.15) is 16.1 Å². The number of nitrogens with zero attached hydrogens (tertiary/aromatic N) is 1. The molecule has 0 unspecified atom stereocenters. The number of benzene rings is 1. The van der Waals surface area contributed by atoms with Crippen molar-refractivity contribution in [1.82, 2.24) is 4.98 Å². The lowest BCUT2D eigenvalue weighted by atomic mass is 10.2. The number of anilines is 1. The zero-order valence-corrected chi connectivity index (χ0v) is 12.9. The molecule has 1 aromatic heterocycles. The van der Waals surface area contributed by atoms with Gasteiger partial charge in [0.1, 0.15) is 5.75 Å². The number of halogens is 1. The van der Waals surface area contributed by atoms with Crippen LogP contribution in [0.5, 0.6) is 5.75 Å². The number of rotatable bonds is 4. The Labute approximate surface area is 131 Å². The third kappa shape index (κ3) is 3.67. The summed E-state index contributed by atoms with van der Waals surface area (Å²) in [7, 11) is 0. The number of aromatic nitrogens is 1. The van der Waals surface area contributed by atoms with Gasteiger partial charge in [-0.25, -0.2) is 4.98 Å². The molecule has 3 N–H and O–H groups in total. The number of aromatic hydroxyl groups is 1. The third-order valence-corrected chi connectivity index (χ3v) is 3.79. The zero-order valence-electron chi connectivity index (χ0n) is 9.96. The van der Waals surface area contributed by atoms with Crippen LogP contribution in [-0.4, -0.2) is 27.1 Å². The van der Waals surface area contributed by atoms with E-state index in [1.165, 1.54) is 6.07 Å². The van der Waals surface area contributed by atoms with E-state index in [1.54, 1.807) is 17.5 Å². The van der Waals surface area contributed by atoms with E-state index in [2.05, 4.69) is 10.3 Å². The fourth-order valence-corrected chi connectivity index (χ4v) is 2.65. The van der Waals surface area contributed by atoms with Crippen LogP contribution in [0.4, 0.5) is 5.13 Å².